The van der Waals surface area contributed by atoms with Gasteiger partial charge in [-0.2, -0.15) is 0 Å². The summed E-state index contributed by atoms with van der Waals surface area (Å²) in [7, 11) is 1.63. The number of benzene rings is 1. The lowest BCUT2D eigenvalue weighted by Gasteiger charge is -2.15. The standard InChI is InChI=1S/C16H20N2O2S/c1-12(18-13-5-7-14(20-2)8-6-13)16(19)17-10-9-15-4-3-11-21-15/h3-8,11-12,18H,9-10H2,1-2H3,(H,17,19). The van der Waals surface area contributed by atoms with Crippen molar-refractivity contribution in [1.82, 2.24) is 5.32 Å². The van der Waals surface area contributed by atoms with Gasteiger partial charge < -0.3 is 15.4 Å². The number of rotatable bonds is 7. The van der Waals surface area contributed by atoms with Crippen LogP contribution in [-0.2, 0) is 11.2 Å². The number of anilines is 1. The van der Waals surface area contributed by atoms with Crippen molar-refractivity contribution in [3.8, 4) is 5.75 Å². The molecule has 112 valence electrons. The van der Waals surface area contributed by atoms with Gasteiger partial charge in [0, 0.05) is 17.1 Å². The summed E-state index contributed by atoms with van der Waals surface area (Å²) in [6.45, 7) is 2.51. The van der Waals surface area contributed by atoms with Gasteiger partial charge in [-0.3, -0.25) is 4.79 Å². The van der Waals surface area contributed by atoms with Crippen LogP contribution >= 0.6 is 11.3 Å². The molecule has 1 aromatic heterocycles. The topological polar surface area (TPSA) is 50.4 Å². The third-order valence-corrected chi connectivity index (χ3v) is 4.05. The molecule has 0 bridgehead atoms. The molecule has 1 unspecified atom stereocenters. The minimum Gasteiger partial charge on any atom is -0.497 e. The van der Waals surface area contributed by atoms with Crippen molar-refractivity contribution < 1.29 is 9.53 Å². The van der Waals surface area contributed by atoms with Gasteiger partial charge in [0.05, 0.1) is 7.11 Å². The van der Waals surface area contributed by atoms with Crippen LogP contribution in [0.15, 0.2) is 41.8 Å². The molecule has 0 saturated carbocycles. The molecule has 0 saturated heterocycles. The largest absolute Gasteiger partial charge is 0.497 e. The van der Waals surface area contributed by atoms with Crippen LogP contribution in [0.3, 0.4) is 0 Å². The third-order valence-electron chi connectivity index (χ3n) is 3.12. The highest BCUT2D eigenvalue weighted by Crippen LogP contribution is 2.15. The maximum atomic E-state index is 12.0. The van der Waals surface area contributed by atoms with Gasteiger partial charge >= 0.3 is 0 Å². The molecule has 0 fully saturated rings. The number of thiophene rings is 1. The number of hydrogen-bond acceptors (Lipinski definition) is 4. The lowest BCUT2D eigenvalue weighted by molar-refractivity contribution is -0.121. The molecule has 0 spiro atoms. The molecule has 2 aromatic rings. The Bertz CT molecular complexity index is 552. The molecule has 1 heterocycles. The fraction of sp³-hybridized carbons (Fsp3) is 0.312. The van der Waals surface area contributed by atoms with Gasteiger partial charge in [0.15, 0.2) is 0 Å². The van der Waals surface area contributed by atoms with Gasteiger partial charge in [0.1, 0.15) is 11.8 Å². The van der Waals surface area contributed by atoms with Crippen LogP contribution in [0.1, 0.15) is 11.8 Å². The Morgan fingerprint density at radius 2 is 2.05 bits per heavy atom. The zero-order chi connectivity index (χ0) is 15.1. The molecule has 5 heteroatoms. The number of amides is 1. The normalized spacial score (nSPS) is 11.7. The Kier molecular flexibility index (Phi) is 5.63. The van der Waals surface area contributed by atoms with Gasteiger partial charge in [-0.15, -0.1) is 11.3 Å². The van der Waals surface area contributed by atoms with E-state index >= 15 is 0 Å². The molecule has 1 amide bonds. The smallest absolute Gasteiger partial charge is 0.242 e. The number of carbonyl (C=O) groups excluding carboxylic acids is 1. The summed E-state index contributed by atoms with van der Waals surface area (Å²) < 4.78 is 5.10. The molecule has 1 aromatic carbocycles. The van der Waals surface area contributed by atoms with Crippen molar-refractivity contribution in [2.75, 3.05) is 19.0 Å². The Labute approximate surface area is 129 Å². The van der Waals surface area contributed by atoms with Crippen LogP contribution in [0.2, 0.25) is 0 Å². The van der Waals surface area contributed by atoms with E-state index in [1.165, 1.54) is 4.88 Å². The van der Waals surface area contributed by atoms with Crippen LogP contribution in [0.5, 0.6) is 5.75 Å². The van der Waals surface area contributed by atoms with E-state index in [1.54, 1.807) is 18.4 Å². The van der Waals surface area contributed by atoms with Crippen molar-refractivity contribution >= 4 is 22.9 Å². The number of nitrogens with one attached hydrogen (secondary N) is 2. The van der Waals surface area contributed by atoms with E-state index in [1.807, 2.05) is 42.6 Å². The van der Waals surface area contributed by atoms with E-state index in [0.29, 0.717) is 6.54 Å². The molecule has 2 N–H and O–H groups in total. The summed E-state index contributed by atoms with van der Waals surface area (Å²) in [6, 6.07) is 11.4. The third kappa shape index (κ3) is 4.79. The first-order chi connectivity index (χ1) is 10.2. The Hall–Kier alpha value is -2.01. The predicted molar refractivity (Wildman–Crippen MR) is 87.1 cm³/mol. The lowest BCUT2D eigenvalue weighted by atomic mass is 10.2. The summed E-state index contributed by atoms with van der Waals surface area (Å²) in [4.78, 5) is 13.3. The molecular weight excluding hydrogens is 284 g/mol. The average molecular weight is 304 g/mol. The molecule has 4 nitrogen and oxygen atoms in total. The number of hydrogen-bond donors (Lipinski definition) is 2. The highest BCUT2D eigenvalue weighted by atomic mass is 32.1. The SMILES string of the molecule is COc1ccc(NC(C)C(=O)NCCc2cccs2)cc1. The number of methoxy groups -OCH3 is 1. The van der Waals surface area contributed by atoms with Gasteiger partial charge in [-0.1, -0.05) is 6.07 Å². The highest BCUT2D eigenvalue weighted by Gasteiger charge is 2.11. The monoisotopic (exact) mass is 304 g/mol. The lowest BCUT2D eigenvalue weighted by Crippen LogP contribution is -2.38. The van der Waals surface area contributed by atoms with Crippen molar-refractivity contribution in [2.45, 2.75) is 19.4 Å². The fourth-order valence-corrected chi connectivity index (χ4v) is 2.63. The van der Waals surface area contributed by atoms with Crippen molar-refractivity contribution in [2.24, 2.45) is 0 Å². The molecule has 21 heavy (non-hydrogen) atoms. The average Bonchev–Trinajstić information content (AvgIpc) is 3.01. The molecule has 0 radical (unpaired) electrons. The Balaban J connectivity index is 1.76. The second-order valence-electron chi connectivity index (χ2n) is 4.71. The van der Waals surface area contributed by atoms with Gasteiger partial charge in [0.2, 0.25) is 5.91 Å². The first-order valence-corrected chi connectivity index (χ1v) is 7.77. The van der Waals surface area contributed by atoms with Crippen LogP contribution in [0.4, 0.5) is 5.69 Å². The van der Waals surface area contributed by atoms with Gasteiger partial charge in [0.25, 0.3) is 0 Å². The predicted octanol–water partition coefficient (Wildman–Crippen LogP) is 2.92. The van der Waals surface area contributed by atoms with E-state index in [9.17, 15) is 4.79 Å². The fourth-order valence-electron chi connectivity index (χ4n) is 1.92. The summed E-state index contributed by atoms with van der Waals surface area (Å²) in [5.41, 5.74) is 0.900. The summed E-state index contributed by atoms with van der Waals surface area (Å²) in [5, 5.41) is 8.16. The van der Waals surface area contributed by atoms with Crippen molar-refractivity contribution in [1.29, 1.82) is 0 Å². The summed E-state index contributed by atoms with van der Waals surface area (Å²) >= 11 is 1.71. The minimum absolute atomic E-state index is 0.00220. The quantitative estimate of drug-likeness (QED) is 0.827. The first kappa shape index (κ1) is 15.4. The Morgan fingerprint density at radius 3 is 2.67 bits per heavy atom. The van der Waals surface area contributed by atoms with E-state index < -0.39 is 0 Å². The van der Waals surface area contributed by atoms with Gasteiger partial charge in [-0.05, 0) is 49.1 Å². The van der Waals surface area contributed by atoms with Crippen LogP contribution in [0, 0.1) is 0 Å². The van der Waals surface area contributed by atoms with E-state index in [0.717, 1.165) is 17.9 Å². The zero-order valence-corrected chi connectivity index (χ0v) is 13.1. The van der Waals surface area contributed by atoms with E-state index in [-0.39, 0.29) is 11.9 Å². The minimum atomic E-state index is -0.276. The van der Waals surface area contributed by atoms with Crippen molar-refractivity contribution in [3.63, 3.8) is 0 Å². The van der Waals surface area contributed by atoms with Crippen LogP contribution in [-0.4, -0.2) is 25.6 Å². The number of carbonyl (C=O) groups is 1. The second kappa shape index (κ2) is 7.69. The van der Waals surface area contributed by atoms with Crippen LogP contribution < -0.4 is 15.4 Å². The second-order valence-corrected chi connectivity index (χ2v) is 5.75. The summed E-state index contributed by atoms with van der Waals surface area (Å²) in [6.07, 6.45) is 0.874. The summed E-state index contributed by atoms with van der Waals surface area (Å²) in [5.74, 6) is 0.802. The first-order valence-electron chi connectivity index (χ1n) is 6.89. The Morgan fingerprint density at radius 1 is 1.29 bits per heavy atom. The van der Waals surface area contributed by atoms with Gasteiger partial charge in [-0.25, -0.2) is 0 Å². The molecular formula is C16H20N2O2S. The number of ether oxygens (including phenoxy) is 1. The molecule has 0 aliphatic heterocycles. The molecule has 0 aliphatic rings. The van der Waals surface area contributed by atoms with E-state index in [4.69, 9.17) is 4.74 Å². The van der Waals surface area contributed by atoms with E-state index in [2.05, 4.69) is 16.7 Å². The molecule has 0 aliphatic carbocycles. The zero-order valence-electron chi connectivity index (χ0n) is 12.3. The van der Waals surface area contributed by atoms with Crippen molar-refractivity contribution in [3.05, 3.63) is 46.7 Å². The highest BCUT2D eigenvalue weighted by molar-refractivity contribution is 7.09. The maximum absolute atomic E-state index is 12.0. The van der Waals surface area contributed by atoms with Crippen LogP contribution in [0.25, 0.3) is 0 Å². The molecule has 2 rings (SSSR count). The maximum Gasteiger partial charge on any atom is 0.242 e. The molecule has 1 atom stereocenters.